The third-order valence-electron chi connectivity index (χ3n) is 6.18. The average Bonchev–Trinajstić information content (AvgIpc) is 3.08. The topological polar surface area (TPSA) is 42.4 Å². The Kier molecular flexibility index (Phi) is 6.46. The normalized spacial score (nSPS) is 27.4. The minimum absolute atomic E-state index is 0.0155. The fourth-order valence-corrected chi connectivity index (χ4v) is 4.61. The molecular weight excluding hydrogens is 312 g/mol. The van der Waals surface area contributed by atoms with Crippen molar-refractivity contribution in [1.82, 2.24) is 9.88 Å². The van der Waals surface area contributed by atoms with Crippen LogP contribution in [0.3, 0.4) is 0 Å². The summed E-state index contributed by atoms with van der Waals surface area (Å²) in [5, 5.41) is 0. The molecule has 1 atom stereocenters. The molecule has 1 saturated carbocycles. The first kappa shape index (κ1) is 18.4. The van der Waals surface area contributed by atoms with Gasteiger partial charge >= 0.3 is 5.97 Å². The molecule has 4 nitrogen and oxygen atoms in total. The summed E-state index contributed by atoms with van der Waals surface area (Å²) in [7, 11) is 3.72. The SMILES string of the molecule is COC(=O)C1CCC(CCCc2cncc(C3CCCN3C)c2)CC1. The quantitative estimate of drug-likeness (QED) is 0.727. The van der Waals surface area contributed by atoms with Gasteiger partial charge in [0.2, 0.25) is 0 Å². The Labute approximate surface area is 152 Å². The summed E-state index contributed by atoms with van der Waals surface area (Å²) in [6.07, 6.45) is 14.6. The van der Waals surface area contributed by atoms with Crippen LogP contribution in [0.4, 0.5) is 0 Å². The van der Waals surface area contributed by atoms with E-state index in [1.54, 1.807) is 0 Å². The lowest BCUT2D eigenvalue weighted by Crippen LogP contribution is -2.22. The molecule has 3 rings (SSSR count). The van der Waals surface area contributed by atoms with Gasteiger partial charge < -0.3 is 4.74 Å². The van der Waals surface area contributed by atoms with Crippen LogP contribution in [0.2, 0.25) is 0 Å². The van der Waals surface area contributed by atoms with Crippen molar-refractivity contribution in [3.05, 3.63) is 29.6 Å². The zero-order valence-electron chi connectivity index (χ0n) is 15.7. The molecule has 138 valence electrons. The second kappa shape index (κ2) is 8.79. The van der Waals surface area contributed by atoms with E-state index in [4.69, 9.17) is 4.74 Å². The Morgan fingerprint density at radius 3 is 2.72 bits per heavy atom. The van der Waals surface area contributed by atoms with Crippen molar-refractivity contribution in [2.45, 2.75) is 63.8 Å². The van der Waals surface area contributed by atoms with Crippen molar-refractivity contribution in [3.63, 3.8) is 0 Å². The average molecular weight is 344 g/mol. The second-order valence-corrected chi connectivity index (χ2v) is 7.90. The van der Waals surface area contributed by atoms with Crippen molar-refractivity contribution in [2.75, 3.05) is 20.7 Å². The van der Waals surface area contributed by atoms with Gasteiger partial charge in [0.1, 0.15) is 0 Å². The van der Waals surface area contributed by atoms with Gasteiger partial charge in [-0.15, -0.1) is 0 Å². The van der Waals surface area contributed by atoms with Gasteiger partial charge in [-0.2, -0.15) is 0 Å². The predicted molar refractivity (Wildman–Crippen MR) is 99.2 cm³/mol. The Balaban J connectivity index is 1.43. The van der Waals surface area contributed by atoms with Crippen molar-refractivity contribution in [3.8, 4) is 0 Å². The molecular formula is C21H32N2O2. The first-order valence-corrected chi connectivity index (χ1v) is 9.89. The summed E-state index contributed by atoms with van der Waals surface area (Å²) in [5.74, 6) is 0.904. The number of carbonyl (C=O) groups excluding carboxylic acids is 1. The number of ether oxygens (including phenoxy) is 1. The maximum atomic E-state index is 11.6. The Hall–Kier alpha value is -1.42. The van der Waals surface area contributed by atoms with Crippen LogP contribution >= 0.6 is 0 Å². The number of nitrogens with zero attached hydrogens (tertiary/aromatic N) is 2. The monoisotopic (exact) mass is 344 g/mol. The smallest absolute Gasteiger partial charge is 0.308 e. The van der Waals surface area contributed by atoms with E-state index < -0.39 is 0 Å². The lowest BCUT2D eigenvalue weighted by Gasteiger charge is -2.26. The molecule has 2 aliphatic rings. The summed E-state index contributed by atoms with van der Waals surface area (Å²) in [6.45, 7) is 1.20. The van der Waals surface area contributed by atoms with Crippen LogP contribution in [0.15, 0.2) is 18.5 Å². The number of pyridine rings is 1. The maximum absolute atomic E-state index is 11.6. The van der Waals surface area contributed by atoms with Gasteiger partial charge in [-0.3, -0.25) is 14.7 Å². The molecule has 0 radical (unpaired) electrons. The number of aryl methyl sites for hydroxylation is 1. The van der Waals surface area contributed by atoms with Gasteiger partial charge in [0.25, 0.3) is 0 Å². The minimum Gasteiger partial charge on any atom is -0.469 e. The van der Waals surface area contributed by atoms with Crippen molar-refractivity contribution in [1.29, 1.82) is 0 Å². The fraction of sp³-hybridized carbons (Fsp3) is 0.714. The highest BCUT2D eigenvalue weighted by Gasteiger charge is 2.26. The molecule has 1 aliphatic heterocycles. The molecule has 1 unspecified atom stereocenters. The lowest BCUT2D eigenvalue weighted by molar-refractivity contribution is -0.146. The number of likely N-dealkylation sites (tertiary alicyclic amines) is 1. The van der Waals surface area contributed by atoms with Crippen molar-refractivity contribution < 1.29 is 9.53 Å². The molecule has 25 heavy (non-hydrogen) atoms. The largest absolute Gasteiger partial charge is 0.469 e. The molecule has 0 N–H and O–H groups in total. The first-order chi connectivity index (χ1) is 12.2. The predicted octanol–water partition coefficient (Wildman–Crippen LogP) is 4.15. The van der Waals surface area contributed by atoms with E-state index in [2.05, 4.69) is 23.0 Å². The molecule has 1 aromatic rings. The molecule has 4 heteroatoms. The zero-order chi connectivity index (χ0) is 17.6. The van der Waals surface area contributed by atoms with Gasteiger partial charge in [0.15, 0.2) is 0 Å². The number of rotatable bonds is 6. The van der Waals surface area contributed by atoms with E-state index in [9.17, 15) is 4.79 Å². The van der Waals surface area contributed by atoms with Crippen LogP contribution in [0.5, 0.6) is 0 Å². The zero-order valence-corrected chi connectivity index (χ0v) is 15.7. The molecule has 2 fully saturated rings. The van der Waals surface area contributed by atoms with Gasteiger partial charge in [-0.05, 0) is 82.0 Å². The van der Waals surface area contributed by atoms with Gasteiger partial charge in [-0.25, -0.2) is 0 Å². The van der Waals surface area contributed by atoms with Crippen LogP contribution in [0.1, 0.15) is 68.5 Å². The molecule has 0 amide bonds. The van der Waals surface area contributed by atoms with Gasteiger partial charge in [0, 0.05) is 18.4 Å². The molecule has 0 spiro atoms. The number of aromatic nitrogens is 1. The standard InChI is InChI=1S/C21H32N2O2/c1-23-12-4-7-20(23)19-13-17(14-22-15-19)6-3-5-16-8-10-18(11-9-16)21(24)25-2/h13-16,18,20H,3-12H2,1-2H3. The Morgan fingerprint density at radius 1 is 1.24 bits per heavy atom. The van der Waals surface area contributed by atoms with Crippen LogP contribution in [0, 0.1) is 11.8 Å². The molecule has 1 aromatic heterocycles. The Bertz CT molecular complexity index is 567. The highest BCUT2D eigenvalue weighted by atomic mass is 16.5. The summed E-state index contributed by atoms with van der Waals surface area (Å²) >= 11 is 0. The second-order valence-electron chi connectivity index (χ2n) is 7.90. The molecule has 0 aromatic carbocycles. The van der Waals surface area contributed by atoms with E-state index in [-0.39, 0.29) is 11.9 Å². The molecule has 1 saturated heterocycles. The van der Waals surface area contributed by atoms with Gasteiger partial charge in [0.05, 0.1) is 13.0 Å². The van der Waals surface area contributed by atoms with E-state index in [0.717, 1.165) is 25.2 Å². The Morgan fingerprint density at radius 2 is 2.04 bits per heavy atom. The fourth-order valence-electron chi connectivity index (χ4n) is 4.61. The van der Waals surface area contributed by atoms with Crippen LogP contribution < -0.4 is 0 Å². The number of carbonyl (C=O) groups is 1. The van der Waals surface area contributed by atoms with E-state index in [1.165, 1.54) is 63.3 Å². The summed E-state index contributed by atoms with van der Waals surface area (Å²) < 4.78 is 4.88. The van der Waals surface area contributed by atoms with Crippen LogP contribution in [0.25, 0.3) is 0 Å². The number of esters is 1. The van der Waals surface area contributed by atoms with Crippen LogP contribution in [-0.4, -0.2) is 36.6 Å². The summed E-state index contributed by atoms with van der Waals surface area (Å²) in [4.78, 5) is 18.5. The van der Waals surface area contributed by atoms with Crippen LogP contribution in [-0.2, 0) is 16.0 Å². The first-order valence-electron chi connectivity index (χ1n) is 9.89. The summed E-state index contributed by atoms with van der Waals surface area (Å²) in [5.41, 5.74) is 2.76. The minimum atomic E-state index is -0.0155. The maximum Gasteiger partial charge on any atom is 0.308 e. The number of methoxy groups -OCH3 is 1. The lowest BCUT2D eigenvalue weighted by atomic mass is 9.79. The van der Waals surface area contributed by atoms with E-state index in [0.29, 0.717) is 6.04 Å². The highest BCUT2D eigenvalue weighted by Crippen LogP contribution is 2.33. The third kappa shape index (κ3) is 4.81. The van der Waals surface area contributed by atoms with E-state index >= 15 is 0 Å². The van der Waals surface area contributed by atoms with Crippen molar-refractivity contribution in [2.24, 2.45) is 11.8 Å². The highest BCUT2D eigenvalue weighted by molar-refractivity contribution is 5.72. The summed E-state index contributed by atoms with van der Waals surface area (Å²) in [6, 6.07) is 2.93. The van der Waals surface area contributed by atoms with Crippen molar-refractivity contribution >= 4 is 5.97 Å². The molecule has 0 bridgehead atoms. The third-order valence-corrected chi connectivity index (χ3v) is 6.18. The number of hydrogen-bond acceptors (Lipinski definition) is 4. The van der Waals surface area contributed by atoms with Gasteiger partial charge in [-0.1, -0.05) is 12.5 Å². The number of hydrogen-bond donors (Lipinski definition) is 0. The molecule has 2 heterocycles. The molecule has 1 aliphatic carbocycles. The van der Waals surface area contributed by atoms with E-state index in [1.807, 2.05) is 12.4 Å².